The molecule has 2 N–H and O–H groups in total. The quantitative estimate of drug-likeness (QED) is 0.649. The molecule has 1 aromatic heterocycles. The molecule has 0 saturated carbocycles. The monoisotopic (exact) mass is 432 g/mol. The van der Waals surface area contributed by atoms with Crippen LogP contribution < -0.4 is 15.5 Å². The topological polar surface area (TPSA) is 101 Å². The molecule has 10 heteroatoms. The minimum absolute atomic E-state index is 0.388. The van der Waals surface area contributed by atoms with Gasteiger partial charge in [-0.3, -0.25) is 14.7 Å². The lowest BCUT2D eigenvalue weighted by Crippen LogP contribution is -2.39. The average Bonchev–Trinajstić information content (AvgIpc) is 3.10. The van der Waals surface area contributed by atoms with E-state index in [9.17, 15) is 9.59 Å². The predicted molar refractivity (Wildman–Crippen MR) is 117 cm³/mol. The van der Waals surface area contributed by atoms with E-state index >= 15 is 0 Å². The third-order valence-electron chi connectivity index (χ3n) is 4.46. The molecule has 30 heavy (non-hydrogen) atoms. The smallest absolute Gasteiger partial charge is 0.325 e. The number of nitrogens with zero attached hydrogens (tertiary/aromatic N) is 4. The molecule has 1 aliphatic heterocycles. The molecule has 0 bridgehead atoms. The number of ether oxygens (including phenoxy) is 1. The van der Waals surface area contributed by atoms with Crippen molar-refractivity contribution in [1.29, 1.82) is 0 Å². The summed E-state index contributed by atoms with van der Waals surface area (Å²) in [7, 11) is 0. The summed E-state index contributed by atoms with van der Waals surface area (Å²) in [5.41, 5.74) is 0.620. The van der Waals surface area contributed by atoms with Gasteiger partial charge in [-0.15, -0.1) is 10.2 Å². The molecule has 9 nitrogen and oxygen atoms in total. The summed E-state index contributed by atoms with van der Waals surface area (Å²) in [6, 6.07) is 8.42. The second-order valence-corrected chi connectivity index (χ2v) is 8.76. The Bertz CT molecular complexity index is 851. The van der Waals surface area contributed by atoms with Gasteiger partial charge < -0.3 is 15.0 Å². The van der Waals surface area contributed by atoms with Crippen molar-refractivity contribution in [2.24, 2.45) is 5.92 Å². The molecule has 2 heterocycles. The number of carbonyl (C=O) groups is 2. The number of hydrogen-bond donors (Lipinski definition) is 2. The minimum Gasteiger partial charge on any atom is -0.378 e. The molecular formula is C20H28N6O3S. The second kappa shape index (κ2) is 10.4. The van der Waals surface area contributed by atoms with Gasteiger partial charge >= 0.3 is 6.03 Å². The lowest BCUT2D eigenvalue weighted by molar-refractivity contribution is -0.119. The van der Waals surface area contributed by atoms with Crippen LogP contribution in [0, 0.1) is 5.92 Å². The number of amides is 3. The first-order chi connectivity index (χ1) is 14.4. The van der Waals surface area contributed by atoms with Crippen LogP contribution in [0.2, 0.25) is 0 Å². The largest absolute Gasteiger partial charge is 0.378 e. The van der Waals surface area contributed by atoms with Crippen LogP contribution in [0.25, 0.3) is 0 Å². The van der Waals surface area contributed by atoms with Gasteiger partial charge in [0.1, 0.15) is 0 Å². The zero-order valence-corrected chi connectivity index (χ0v) is 18.3. The highest BCUT2D eigenvalue weighted by molar-refractivity contribution is 8.00. The molecule has 0 aliphatic carbocycles. The molecule has 1 aromatic carbocycles. The van der Waals surface area contributed by atoms with E-state index in [4.69, 9.17) is 4.74 Å². The standard InChI is InChI=1S/C20H28N6O3S/c1-14(2)13-26-19(25-9-11-29-12-10-25)23-24-20(26)30-15(3)17(27)22-18(28)21-16-7-5-4-6-8-16/h4-8,14-15H,9-13H2,1-3H3,(H2,21,22,27,28). The minimum atomic E-state index is -0.559. The summed E-state index contributed by atoms with van der Waals surface area (Å²) in [5.74, 6) is 0.797. The van der Waals surface area contributed by atoms with Crippen molar-refractivity contribution < 1.29 is 14.3 Å². The number of rotatable bonds is 7. The third-order valence-corrected chi connectivity index (χ3v) is 5.54. The maximum Gasteiger partial charge on any atom is 0.325 e. The fourth-order valence-electron chi connectivity index (χ4n) is 3.00. The summed E-state index contributed by atoms with van der Waals surface area (Å²) in [6.07, 6.45) is 0. The number of hydrogen-bond acceptors (Lipinski definition) is 7. The van der Waals surface area contributed by atoms with Crippen molar-refractivity contribution in [3.05, 3.63) is 30.3 Å². The number of nitrogens with one attached hydrogen (secondary N) is 2. The summed E-state index contributed by atoms with van der Waals surface area (Å²) < 4.78 is 7.48. The highest BCUT2D eigenvalue weighted by Crippen LogP contribution is 2.27. The maximum atomic E-state index is 12.5. The van der Waals surface area contributed by atoms with Crippen molar-refractivity contribution in [2.45, 2.75) is 37.7 Å². The second-order valence-electron chi connectivity index (χ2n) is 7.46. The first-order valence-corrected chi connectivity index (χ1v) is 10.9. The highest BCUT2D eigenvalue weighted by atomic mass is 32.2. The first-order valence-electron chi connectivity index (χ1n) is 10.0. The van der Waals surface area contributed by atoms with Crippen LogP contribution in [0.1, 0.15) is 20.8 Å². The molecule has 162 valence electrons. The van der Waals surface area contributed by atoms with Gasteiger partial charge in [-0.05, 0) is 25.0 Å². The Hall–Kier alpha value is -2.59. The predicted octanol–water partition coefficient (Wildman–Crippen LogP) is 2.60. The summed E-state index contributed by atoms with van der Waals surface area (Å²) in [5, 5.41) is 13.9. The van der Waals surface area contributed by atoms with Crippen molar-refractivity contribution in [2.75, 3.05) is 36.5 Å². The molecule has 2 aromatic rings. The van der Waals surface area contributed by atoms with Crippen molar-refractivity contribution in [1.82, 2.24) is 20.1 Å². The Morgan fingerprint density at radius 3 is 2.50 bits per heavy atom. The molecule has 1 aliphatic rings. The van der Waals surface area contributed by atoms with E-state index in [0.717, 1.165) is 25.6 Å². The highest BCUT2D eigenvalue weighted by Gasteiger charge is 2.25. The van der Waals surface area contributed by atoms with Gasteiger partial charge in [0.15, 0.2) is 5.16 Å². The molecule has 3 amide bonds. The van der Waals surface area contributed by atoms with E-state index in [1.54, 1.807) is 19.1 Å². The fraction of sp³-hybridized carbons (Fsp3) is 0.500. The number of anilines is 2. The van der Waals surface area contributed by atoms with Crippen molar-refractivity contribution in [3.8, 4) is 0 Å². The van der Waals surface area contributed by atoms with Gasteiger partial charge in [-0.1, -0.05) is 43.8 Å². The third kappa shape index (κ3) is 5.96. The van der Waals surface area contributed by atoms with Gasteiger partial charge in [0.05, 0.1) is 18.5 Å². The molecule has 3 rings (SSSR count). The lowest BCUT2D eigenvalue weighted by atomic mass is 10.2. The van der Waals surface area contributed by atoms with Crippen LogP contribution in [-0.4, -0.2) is 58.3 Å². The molecule has 0 spiro atoms. The average molecular weight is 433 g/mol. The van der Waals surface area contributed by atoms with Crippen LogP contribution in [-0.2, 0) is 16.1 Å². The Morgan fingerprint density at radius 2 is 1.83 bits per heavy atom. The van der Waals surface area contributed by atoms with E-state index in [2.05, 4.69) is 44.1 Å². The van der Waals surface area contributed by atoms with Crippen LogP contribution in [0.4, 0.5) is 16.4 Å². The van der Waals surface area contributed by atoms with Crippen molar-refractivity contribution in [3.63, 3.8) is 0 Å². The molecular weight excluding hydrogens is 404 g/mol. The summed E-state index contributed by atoms with van der Waals surface area (Å²) >= 11 is 1.29. The Morgan fingerprint density at radius 1 is 1.13 bits per heavy atom. The number of aromatic nitrogens is 3. The van der Waals surface area contributed by atoms with Crippen LogP contribution >= 0.6 is 11.8 Å². The molecule has 1 unspecified atom stereocenters. The van der Waals surface area contributed by atoms with Gasteiger partial charge in [-0.25, -0.2) is 4.79 Å². The van der Waals surface area contributed by atoms with E-state index in [0.29, 0.717) is 30.0 Å². The van der Waals surface area contributed by atoms with Gasteiger partial charge in [-0.2, -0.15) is 0 Å². The van der Waals surface area contributed by atoms with Gasteiger partial charge in [0.2, 0.25) is 11.9 Å². The Labute approximate surface area is 180 Å². The SMILES string of the molecule is CC(C)Cn1c(SC(C)C(=O)NC(=O)Nc2ccccc2)nnc1N1CCOCC1. The van der Waals surface area contributed by atoms with Crippen LogP contribution in [0.15, 0.2) is 35.5 Å². The van der Waals surface area contributed by atoms with E-state index in [1.807, 2.05) is 18.2 Å². The normalized spacial score (nSPS) is 15.1. The molecule has 1 fully saturated rings. The number of para-hydroxylation sites is 1. The van der Waals surface area contributed by atoms with Gasteiger partial charge in [0.25, 0.3) is 0 Å². The zero-order valence-electron chi connectivity index (χ0n) is 17.5. The molecule has 1 saturated heterocycles. The van der Waals surface area contributed by atoms with E-state index < -0.39 is 11.3 Å². The number of morpholine rings is 1. The Kier molecular flexibility index (Phi) is 7.69. The maximum absolute atomic E-state index is 12.5. The first kappa shape index (κ1) is 22.1. The summed E-state index contributed by atoms with van der Waals surface area (Å²) in [6.45, 7) is 9.58. The van der Waals surface area contributed by atoms with E-state index in [-0.39, 0.29) is 5.91 Å². The molecule has 0 radical (unpaired) electrons. The number of urea groups is 1. The number of thioether (sulfide) groups is 1. The summed E-state index contributed by atoms with van der Waals surface area (Å²) in [4.78, 5) is 26.8. The van der Waals surface area contributed by atoms with Crippen LogP contribution in [0.3, 0.4) is 0 Å². The number of benzene rings is 1. The zero-order chi connectivity index (χ0) is 21.5. The van der Waals surface area contributed by atoms with Crippen LogP contribution in [0.5, 0.6) is 0 Å². The lowest BCUT2D eigenvalue weighted by Gasteiger charge is -2.28. The Balaban J connectivity index is 1.64. The fourth-order valence-corrected chi connectivity index (χ4v) is 3.85. The van der Waals surface area contributed by atoms with E-state index in [1.165, 1.54) is 11.8 Å². The molecule has 1 atom stereocenters. The van der Waals surface area contributed by atoms with Crippen molar-refractivity contribution >= 4 is 35.3 Å². The number of imide groups is 1. The van der Waals surface area contributed by atoms with Gasteiger partial charge in [0, 0.05) is 25.3 Å². The number of carbonyl (C=O) groups excluding carboxylic acids is 2.